The van der Waals surface area contributed by atoms with Crippen LogP contribution >= 0.6 is 0 Å². The molecule has 0 aliphatic heterocycles. The number of hydrogen-bond donors (Lipinski definition) is 0. The van der Waals surface area contributed by atoms with Crippen molar-refractivity contribution in [2.24, 2.45) is 0 Å². The monoisotopic (exact) mass is 218 g/mol. The molecule has 0 fully saturated rings. The third-order valence-electron chi connectivity index (χ3n) is 1.59. The summed E-state index contributed by atoms with van der Waals surface area (Å²) < 4.78 is 14.3. The quantitative estimate of drug-likeness (QED) is 0.447. The van der Waals surface area contributed by atoms with Gasteiger partial charge in [-0.25, -0.2) is 0 Å². The van der Waals surface area contributed by atoms with Gasteiger partial charge >= 0.3 is 11.9 Å². The number of hydrogen-bond acceptors (Lipinski definition) is 5. The zero-order valence-electron chi connectivity index (χ0n) is 9.28. The SMILES string of the molecule is CCOC(=O)CCC(=O)OCCCOC. The van der Waals surface area contributed by atoms with Gasteiger partial charge in [-0.05, 0) is 6.92 Å². The molecule has 88 valence electrons. The molecule has 0 atom stereocenters. The van der Waals surface area contributed by atoms with Gasteiger partial charge in [-0.3, -0.25) is 9.59 Å². The highest BCUT2D eigenvalue weighted by molar-refractivity contribution is 5.77. The van der Waals surface area contributed by atoms with Crippen molar-refractivity contribution in [3.63, 3.8) is 0 Å². The molecule has 0 aromatic heterocycles. The molecule has 0 aliphatic rings. The van der Waals surface area contributed by atoms with Crippen LogP contribution in [0.15, 0.2) is 0 Å². The van der Waals surface area contributed by atoms with Gasteiger partial charge in [-0.2, -0.15) is 0 Å². The standard InChI is InChI=1S/C10H18O5/c1-3-14-9(11)5-6-10(12)15-8-4-7-13-2/h3-8H2,1-2H3. The van der Waals surface area contributed by atoms with E-state index in [1.165, 1.54) is 0 Å². The fourth-order valence-corrected chi connectivity index (χ4v) is 0.899. The van der Waals surface area contributed by atoms with Crippen LogP contribution in [0.25, 0.3) is 0 Å². The van der Waals surface area contributed by atoms with Gasteiger partial charge in [0.15, 0.2) is 0 Å². The Labute approximate surface area is 89.7 Å². The maximum Gasteiger partial charge on any atom is 0.306 e. The van der Waals surface area contributed by atoms with Crippen molar-refractivity contribution in [1.82, 2.24) is 0 Å². The zero-order chi connectivity index (χ0) is 11.5. The van der Waals surface area contributed by atoms with Crippen LogP contribution in [-0.2, 0) is 23.8 Å². The summed E-state index contributed by atoms with van der Waals surface area (Å²) in [7, 11) is 1.59. The maximum atomic E-state index is 11.0. The fraction of sp³-hybridized carbons (Fsp3) is 0.800. The van der Waals surface area contributed by atoms with Gasteiger partial charge in [0.25, 0.3) is 0 Å². The van der Waals surface area contributed by atoms with Crippen molar-refractivity contribution in [3.8, 4) is 0 Å². The molecule has 0 aromatic rings. The molecule has 0 spiro atoms. The summed E-state index contributed by atoms with van der Waals surface area (Å²) in [5, 5.41) is 0. The van der Waals surface area contributed by atoms with Crippen LogP contribution in [-0.4, -0.2) is 38.9 Å². The van der Waals surface area contributed by atoms with Crippen molar-refractivity contribution in [2.75, 3.05) is 26.9 Å². The first kappa shape index (κ1) is 13.9. The van der Waals surface area contributed by atoms with Crippen LogP contribution in [0.5, 0.6) is 0 Å². The van der Waals surface area contributed by atoms with Crippen LogP contribution in [0.1, 0.15) is 26.2 Å². The van der Waals surface area contributed by atoms with Gasteiger partial charge in [-0.1, -0.05) is 0 Å². The lowest BCUT2D eigenvalue weighted by Gasteiger charge is -2.04. The van der Waals surface area contributed by atoms with E-state index in [2.05, 4.69) is 4.74 Å². The molecule has 0 rings (SSSR count). The Hall–Kier alpha value is -1.10. The Morgan fingerprint density at radius 1 is 1.00 bits per heavy atom. The van der Waals surface area contributed by atoms with Gasteiger partial charge < -0.3 is 14.2 Å². The predicted octanol–water partition coefficient (Wildman–Crippen LogP) is 0.909. The van der Waals surface area contributed by atoms with Crippen molar-refractivity contribution in [2.45, 2.75) is 26.2 Å². The third-order valence-corrected chi connectivity index (χ3v) is 1.59. The van der Waals surface area contributed by atoms with Crippen LogP contribution in [0.4, 0.5) is 0 Å². The minimum Gasteiger partial charge on any atom is -0.466 e. The summed E-state index contributed by atoms with van der Waals surface area (Å²) in [5.41, 5.74) is 0. The van der Waals surface area contributed by atoms with Gasteiger partial charge in [0.2, 0.25) is 0 Å². The Bertz CT molecular complexity index is 190. The van der Waals surface area contributed by atoms with E-state index in [-0.39, 0.29) is 24.8 Å². The van der Waals surface area contributed by atoms with E-state index in [1.807, 2.05) is 0 Å². The number of methoxy groups -OCH3 is 1. The van der Waals surface area contributed by atoms with Gasteiger partial charge in [-0.15, -0.1) is 0 Å². The molecule has 0 saturated carbocycles. The molecule has 0 saturated heterocycles. The number of esters is 2. The van der Waals surface area contributed by atoms with Crippen molar-refractivity contribution < 1.29 is 23.8 Å². The second-order valence-electron chi connectivity index (χ2n) is 2.87. The molecular formula is C10H18O5. The van der Waals surface area contributed by atoms with E-state index in [4.69, 9.17) is 9.47 Å². The molecule has 15 heavy (non-hydrogen) atoms. The maximum absolute atomic E-state index is 11.0. The molecule has 0 amide bonds. The minimum absolute atomic E-state index is 0.0752. The number of rotatable bonds is 8. The van der Waals surface area contributed by atoms with Crippen molar-refractivity contribution in [3.05, 3.63) is 0 Å². The van der Waals surface area contributed by atoms with Crippen LogP contribution in [0.3, 0.4) is 0 Å². The first-order valence-electron chi connectivity index (χ1n) is 5.00. The van der Waals surface area contributed by atoms with E-state index in [9.17, 15) is 9.59 Å². The first-order valence-corrected chi connectivity index (χ1v) is 5.00. The molecule has 0 unspecified atom stereocenters. The molecule has 0 aromatic carbocycles. The summed E-state index contributed by atoms with van der Waals surface area (Å²) in [6.45, 7) is 2.95. The summed E-state index contributed by atoms with van der Waals surface area (Å²) in [6, 6.07) is 0. The second-order valence-corrected chi connectivity index (χ2v) is 2.87. The number of carbonyl (C=O) groups is 2. The predicted molar refractivity (Wildman–Crippen MR) is 53.3 cm³/mol. The molecule has 5 heteroatoms. The molecule has 0 bridgehead atoms. The lowest BCUT2D eigenvalue weighted by atomic mass is 10.3. The Morgan fingerprint density at radius 3 is 2.13 bits per heavy atom. The fourth-order valence-electron chi connectivity index (χ4n) is 0.899. The van der Waals surface area contributed by atoms with Gasteiger partial charge in [0.05, 0.1) is 26.1 Å². The molecule has 0 radical (unpaired) electrons. The molecule has 0 aliphatic carbocycles. The summed E-state index contributed by atoms with van der Waals surface area (Å²) in [4.78, 5) is 21.9. The Kier molecular flexibility index (Phi) is 8.76. The smallest absolute Gasteiger partial charge is 0.306 e. The minimum atomic E-state index is -0.376. The summed E-state index contributed by atoms with van der Waals surface area (Å²) in [6.07, 6.45) is 0.824. The van der Waals surface area contributed by atoms with Crippen LogP contribution < -0.4 is 0 Å². The normalized spacial score (nSPS) is 9.73. The number of ether oxygens (including phenoxy) is 3. The van der Waals surface area contributed by atoms with E-state index in [0.717, 1.165) is 0 Å². The Morgan fingerprint density at radius 2 is 1.60 bits per heavy atom. The van der Waals surface area contributed by atoms with E-state index in [1.54, 1.807) is 14.0 Å². The molecular weight excluding hydrogens is 200 g/mol. The summed E-state index contributed by atoms with van der Waals surface area (Å²) in [5.74, 6) is -0.745. The average molecular weight is 218 g/mol. The highest BCUT2D eigenvalue weighted by Crippen LogP contribution is 1.96. The van der Waals surface area contributed by atoms with E-state index < -0.39 is 0 Å². The largest absolute Gasteiger partial charge is 0.466 e. The zero-order valence-corrected chi connectivity index (χ0v) is 9.28. The lowest BCUT2D eigenvalue weighted by Crippen LogP contribution is -2.11. The highest BCUT2D eigenvalue weighted by atomic mass is 16.5. The van der Waals surface area contributed by atoms with Gasteiger partial charge in [0, 0.05) is 20.1 Å². The van der Waals surface area contributed by atoms with Crippen LogP contribution in [0.2, 0.25) is 0 Å². The summed E-state index contributed by atoms with van der Waals surface area (Å²) >= 11 is 0. The topological polar surface area (TPSA) is 61.8 Å². The Balaban J connectivity index is 3.36. The van der Waals surface area contributed by atoms with E-state index >= 15 is 0 Å². The van der Waals surface area contributed by atoms with Gasteiger partial charge in [0.1, 0.15) is 0 Å². The van der Waals surface area contributed by atoms with Crippen molar-refractivity contribution in [1.29, 1.82) is 0 Å². The second kappa shape index (κ2) is 9.45. The highest BCUT2D eigenvalue weighted by Gasteiger charge is 2.07. The van der Waals surface area contributed by atoms with Crippen LogP contribution in [0, 0.1) is 0 Å². The first-order chi connectivity index (χ1) is 7.20. The van der Waals surface area contributed by atoms with E-state index in [0.29, 0.717) is 26.2 Å². The molecule has 0 N–H and O–H groups in total. The average Bonchev–Trinajstić information content (AvgIpc) is 2.22. The molecule has 5 nitrogen and oxygen atoms in total. The molecule has 0 heterocycles. The number of carbonyl (C=O) groups excluding carboxylic acids is 2. The van der Waals surface area contributed by atoms with Crippen molar-refractivity contribution >= 4 is 11.9 Å². The lowest BCUT2D eigenvalue weighted by molar-refractivity contribution is -0.150. The third kappa shape index (κ3) is 9.21.